The number of benzene rings is 1. The van der Waals surface area contributed by atoms with E-state index >= 15 is 0 Å². The Bertz CT molecular complexity index is 1290. The van der Waals surface area contributed by atoms with Gasteiger partial charge in [-0.3, -0.25) is 10.3 Å². The first-order valence-electron chi connectivity index (χ1n) is 14.1. The Morgan fingerprint density at radius 1 is 1.02 bits per heavy atom. The summed E-state index contributed by atoms with van der Waals surface area (Å²) in [5, 5.41) is 7.01. The van der Waals surface area contributed by atoms with E-state index in [1.54, 1.807) is 12.3 Å². The first-order valence-corrected chi connectivity index (χ1v) is 14.1. The normalized spacial score (nSPS) is 14.1. The molecule has 1 unspecified atom stereocenters. The molecule has 0 bridgehead atoms. The second kappa shape index (κ2) is 16.0. The van der Waals surface area contributed by atoms with Crippen molar-refractivity contribution in [2.75, 3.05) is 6.67 Å². The van der Waals surface area contributed by atoms with Crippen LogP contribution in [0.5, 0.6) is 0 Å². The molecular formula is C35H44F3N3. The van der Waals surface area contributed by atoms with Crippen molar-refractivity contribution in [2.24, 2.45) is 0 Å². The van der Waals surface area contributed by atoms with Crippen LogP contribution in [0.4, 0.5) is 13.2 Å². The Hall–Kier alpha value is -3.64. The third-order valence-corrected chi connectivity index (χ3v) is 6.72. The minimum absolute atomic E-state index is 0.272. The van der Waals surface area contributed by atoms with Crippen LogP contribution in [-0.4, -0.2) is 11.7 Å². The van der Waals surface area contributed by atoms with Crippen molar-refractivity contribution >= 4 is 0 Å². The first kappa shape index (κ1) is 33.6. The van der Waals surface area contributed by atoms with Crippen molar-refractivity contribution in [1.82, 2.24) is 15.6 Å². The van der Waals surface area contributed by atoms with Crippen molar-refractivity contribution in [2.45, 2.75) is 72.5 Å². The summed E-state index contributed by atoms with van der Waals surface area (Å²) in [6.45, 7) is 16.7. The number of allylic oxidation sites excluding steroid dienone is 9. The van der Waals surface area contributed by atoms with Gasteiger partial charge in [0.1, 0.15) is 0 Å². The predicted molar refractivity (Wildman–Crippen MR) is 166 cm³/mol. The van der Waals surface area contributed by atoms with E-state index in [1.807, 2.05) is 62.4 Å². The highest BCUT2D eigenvalue weighted by Crippen LogP contribution is 2.38. The number of nitrogens with zero attached hydrogens (tertiary/aromatic N) is 1. The van der Waals surface area contributed by atoms with Crippen molar-refractivity contribution in [1.29, 1.82) is 0 Å². The fraction of sp³-hybridized carbons (Fsp3) is 0.343. The minimum Gasteiger partial charge on any atom is -0.372 e. The highest BCUT2D eigenvalue weighted by atomic mass is 19.4. The van der Waals surface area contributed by atoms with E-state index in [0.29, 0.717) is 17.7 Å². The molecule has 0 radical (unpaired) electrons. The van der Waals surface area contributed by atoms with Crippen LogP contribution in [0.15, 0.2) is 114 Å². The Balaban J connectivity index is 2.67. The fourth-order valence-electron chi connectivity index (χ4n) is 4.51. The number of rotatable bonds is 14. The van der Waals surface area contributed by atoms with Crippen LogP contribution >= 0.6 is 0 Å². The topological polar surface area (TPSA) is 37.0 Å². The Labute approximate surface area is 244 Å². The van der Waals surface area contributed by atoms with E-state index in [9.17, 15) is 13.2 Å². The quantitative estimate of drug-likeness (QED) is 0.178. The summed E-state index contributed by atoms with van der Waals surface area (Å²) in [6.07, 6.45) is 13.2. The second-order valence-electron chi connectivity index (χ2n) is 10.2. The fourth-order valence-corrected chi connectivity index (χ4v) is 4.51. The molecule has 1 heterocycles. The highest BCUT2D eigenvalue weighted by molar-refractivity contribution is 5.42. The van der Waals surface area contributed by atoms with Crippen LogP contribution in [0.3, 0.4) is 0 Å². The largest absolute Gasteiger partial charge is 0.416 e. The first-order chi connectivity index (χ1) is 19.5. The lowest BCUT2D eigenvalue weighted by atomic mass is 9.80. The molecule has 0 aliphatic carbocycles. The molecule has 2 rings (SSSR count). The summed E-state index contributed by atoms with van der Waals surface area (Å²) < 4.78 is 41.6. The zero-order chi connectivity index (χ0) is 30.5. The van der Waals surface area contributed by atoms with Crippen molar-refractivity contribution in [3.63, 3.8) is 0 Å². The summed E-state index contributed by atoms with van der Waals surface area (Å²) in [4.78, 5) is 4.71. The summed E-state index contributed by atoms with van der Waals surface area (Å²) in [6, 6.07) is 9.28. The molecule has 0 spiro atoms. The molecule has 1 atom stereocenters. The van der Waals surface area contributed by atoms with Crippen molar-refractivity contribution in [3.05, 3.63) is 137 Å². The van der Waals surface area contributed by atoms with E-state index in [-0.39, 0.29) is 6.67 Å². The summed E-state index contributed by atoms with van der Waals surface area (Å²) in [5.41, 5.74) is 4.32. The number of aromatic nitrogens is 1. The molecule has 41 heavy (non-hydrogen) atoms. The highest BCUT2D eigenvalue weighted by Gasteiger charge is 2.38. The van der Waals surface area contributed by atoms with Gasteiger partial charge in [-0.15, -0.1) is 0 Å². The zero-order valence-electron chi connectivity index (χ0n) is 25.2. The summed E-state index contributed by atoms with van der Waals surface area (Å²) in [5.74, 6) is 0. The molecule has 3 nitrogen and oxygen atoms in total. The van der Waals surface area contributed by atoms with Gasteiger partial charge in [0, 0.05) is 11.9 Å². The molecule has 6 heteroatoms. The lowest BCUT2D eigenvalue weighted by Gasteiger charge is -2.36. The van der Waals surface area contributed by atoms with E-state index in [4.69, 9.17) is 4.98 Å². The van der Waals surface area contributed by atoms with E-state index in [1.165, 1.54) is 23.3 Å². The van der Waals surface area contributed by atoms with Crippen LogP contribution in [0.1, 0.15) is 76.3 Å². The predicted octanol–water partition coefficient (Wildman–Crippen LogP) is 9.46. The zero-order valence-corrected chi connectivity index (χ0v) is 25.2. The molecule has 2 aromatic rings. The van der Waals surface area contributed by atoms with Crippen LogP contribution in [0.2, 0.25) is 0 Å². The van der Waals surface area contributed by atoms with E-state index in [2.05, 4.69) is 51.0 Å². The summed E-state index contributed by atoms with van der Waals surface area (Å²) >= 11 is 0. The number of hydrogen-bond acceptors (Lipinski definition) is 3. The van der Waals surface area contributed by atoms with Crippen LogP contribution in [0.25, 0.3) is 0 Å². The van der Waals surface area contributed by atoms with Gasteiger partial charge in [0.05, 0.1) is 23.5 Å². The van der Waals surface area contributed by atoms with E-state index in [0.717, 1.165) is 35.7 Å². The average molecular weight is 564 g/mol. The molecule has 1 aromatic heterocycles. The number of hydrogen-bond donors (Lipinski definition) is 2. The molecule has 1 aromatic carbocycles. The van der Waals surface area contributed by atoms with Gasteiger partial charge in [-0.2, -0.15) is 13.2 Å². The van der Waals surface area contributed by atoms with Gasteiger partial charge in [0.25, 0.3) is 0 Å². The average Bonchev–Trinajstić information content (AvgIpc) is 2.93. The molecule has 0 saturated carbocycles. The molecule has 0 saturated heterocycles. The maximum atomic E-state index is 13.9. The maximum absolute atomic E-state index is 13.9. The molecule has 0 aliphatic rings. The minimum atomic E-state index is -4.48. The van der Waals surface area contributed by atoms with E-state index < -0.39 is 17.3 Å². The summed E-state index contributed by atoms with van der Waals surface area (Å²) in [7, 11) is 0. The SMILES string of the molecule is C=C(/C=C\C=C/CC)CC(NCNC(/C=C\C)=C/C(CC)=C(C)C)(c1cccc(C(F)(F)F)c1)c1ccc(C)cn1. The van der Waals surface area contributed by atoms with Gasteiger partial charge in [-0.25, -0.2) is 0 Å². The molecule has 220 valence electrons. The monoisotopic (exact) mass is 563 g/mol. The molecule has 0 amide bonds. The molecule has 0 aliphatic heterocycles. The number of nitrogens with one attached hydrogen (secondary N) is 2. The van der Waals surface area contributed by atoms with Gasteiger partial charge < -0.3 is 5.32 Å². The standard InChI is InChI=1S/C35H44F3N3/c1-8-11-12-13-16-27(6)23-34(33-20-19-28(7)24-39-33,30-17-14-18-31(22-30)35(36,37)38)41-25-40-32(15-9-2)21-29(10-3)26(4)5/h9,11-22,24,40-41H,6,8,10,23,25H2,1-5,7H3/b12-11-,15-9-,16-13-,32-21+. The number of alkyl halides is 3. The third kappa shape index (κ3) is 10.0. The molecule has 0 fully saturated rings. The van der Waals surface area contributed by atoms with Gasteiger partial charge in [0.2, 0.25) is 0 Å². The lowest BCUT2D eigenvalue weighted by Crippen LogP contribution is -2.48. The van der Waals surface area contributed by atoms with Gasteiger partial charge in [0.15, 0.2) is 0 Å². The van der Waals surface area contributed by atoms with Crippen LogP contribution in [-0.2, 0) is 11.7 Å². The molecule has 2 N–H and O–H groups in total. The Morgan fingerprint density at radius 3 is 2.34 bits per heavy atom. The van der Waals surface area contributed by atoms with Gasteiger partial charge in [-0.1, -0.05) is 80.2 Å². The second-order valence-corrected chi connectivity index (χ2v) is 10.2. The maximum Gasteiger partial charge on any atom is 0.416 e. The number of aryl methyl sites for hydroxylation is 1. The Morgan fingerprint density at radius 2 is 1.76 bits per heavy atom. The number of pyridine rings is 1. The number of halogens is 3. The third-order valence-electron chi connectivity index (χ3n) is 6.72. The van der Waals surface area contributed by atoms with Gasteiger partial charge >= 0.3 is 6.18 Å². The van der Waals surface area contributed by atoms with Crippen LogP contribution in [0, 0.1) is 6.92 Å². The Kier molecular flexibility index (Phi) is 13.1. The van der Waals surface area contributed by atoms with Crippen LogP contribution < -0.4 is 10.6 Å². The van der Waals surface area contributed by atoms with Gasteiger partial charge in [-0.05, 0) is 94.0 Å². The molecular weight excluding hydrogens is 519 g/mol. The lowest BCUT2D eigenvalue weighted by molar-refractivity contribution is -0.137. The van der Waals surface area contributed by atoms with Crippen molar-refractivity contribution in [3.8, 4) is 0 Å². The van der Waals surface area contributed by atoms with Crippen molar-refractivity contribution < 1.29 is 13.2 Å². The smallest absolute Gasteiger partial charge is 0.372 e.